The summed E-state index contributed by atoms with van der Waals surface area (Å²) in [6, 6.07) is 17.0. The Morgan fingerprint density at radius 2 is 1.86 bits per heavy atom. The van der Waals surface area contributed by atoms with Crippen molar-refractivity contribution in [2.75, 3.05) is 39.9 Å². The van der Waals surface area contributed by atoms with Gasteiger partial charge < -0.3 is 14.4 Å². The summed E-state index contributed by atoms with van der Waals surface area (Å²) in [7, 11) is 1.62. The zero-order chi connectivity index (χ0) is 19.9. The minimum Gasteiger partial charge on any atom is -0.497 e. The van der Waals surface area contributed by atoms with Gasteiger partial charge in [0, 0.05) is 30.7 Å². The van der Waals surface area contributed by atoms with Gasteiger partial charge in [-0.2, -0.15) is 5.26 Å². The van der Waals surface area contributed by atoms with Gasteiger partial charge in [-0.3, -0.25) is 9.69 Å². The maximum Gasteiger partial charge on any atom is 0.260 e. The van der Waals surface area contributed by atoms with Crippen LogP contribution in [0.25, 0.3) is 0 Å². The Kier molecular flexibility index (Phi) is 6.90. The van der Waals surface area contributed by atoms with Gasteiger partial charge in [0.1, 0.15) is 17.5 Å². The molecule has 3 rings (SSSR count). The average molecular weight is 444 g/mol. The lowest BCUT2D eigenvalue weighted by atomic mass is 10.1. The standard InChI is InChI=1S/C21H22BrN3O3/c1-27-18-7-5-16(6-8-18)20(14-23)24-9-11-25(12-10-24)21(26)15-28-19-4-2-3-17(22)13-19/h2-8,13,20H,9-12,15H2,1H3. The molecule has 1 amide bonds. The number of benzene rings is 2. The van der Waals surface area contributed by atoms with Crippen LogP contribution >= 0.6 is 15.9 Å². The van der Waals surface area contributed by atoms with Crippen LogP contribution in [0.3, 0.4) is 0 Å². The van der Waals surface area contributed by atoms with E-state index in [4.69, 9.17) is 9.47 Å². The second-order valence-corrected chi connectivity index (χ2v) is 7.38. The number of piperazine rings is 1. The number of halogens is 1. The van der Waals surface area contributed by atoms with E-state index in [2.05, 4.69) is 26.9 Å². The zero-order valence-electron chi connectivity index (χ0n) is 15.7. The van der Waals surface area contributed by atoms with Crippen molar-refractivity contribution in [3.05, 3.63) is 58.6 Å². The molecule has 1 unspecified atom stereocenters. The van der Waals surface area contributed by atoms with Crippen LogP contribution in [0.15, 0.2) is 53.0 Å². The summed E-state index contributed by atoms with van der Waals surface area (Å²) < 4.78 is 11.7. The third kappa shape index (κ3) is 5.03. The van der Waals surface area contributed by atoms with Crippen molar-refractivity contribution in [1.82, 2.24) is 9.80 Å². The van der Waals surface area contributed by atoms with Crippen LogP contribution in [0.1, 0.15) is 11.6 Å². The Bertz CT molecular complexity index is 843. The number of nitrogens with zero attached hydrogens (tertiary/aromatic N) is 3. The number of hydrogen-bond donors (Lipinski definition) is 0. The van der Waals surface area contributed by atoms with Crippen molar-refractivity contribution in [3.63, 3.8) is 0 Å². The molecule has 0 saturated carbocycles. The van der Waals surface area contributed by atoms with Gasteiger partial charge in [-0.05, 0) is 35.9 Å². The molecule has 1 atom stereocenters. The van der Waals surface area contributed by atoms with Gasteiger partial charge in [0.05, 0.1) is 13.2 Å². The number of nitriles is 1. The molecule has 0 bridgehead atoms. The normalized spacial score (nSPS) is 15.5. The lowest BCUT2D eigenvalue weighted by Gasteiger charge is -2.37. The smallest absolute Gasteiger partial charge is 0.260 e. The van der Waals surface area contributed by atoms with E-state index in [0.717, 1.165) is 15.8 Å². The first-order valence-electron chi connectivity index (χ1n) is 9.04. The summed E-state index contributed by atoms with van der Waals surface area (Å²) >= 11 is 3.39. The quantitative estimate of drug-likeness (QED) is 0.685. The molecule has 0 radical (unpaired) electrons. The number of rotatable bonds is 6. The third-order valence-electron chi connectivity index (χ3n) is 4.74. The number of carbonyl (C=O) groups excluding carboxylic acids is 1. The SMILES string of the molecule is COc1ccc(C(C#N)N2CCN(C(=O)COc3cccc(Br)c3)CC2)cc1. The van der Waals surface area contributed by atoms with Crippen LogP contribution in [0.2, 0.25) is 0 Å². The molecule has 0 N–H and O–H groups in total. The maximum atomic E-state index is 12.4. The molecule has 1 saturated heterocycles. The van der Waals surface area contributed by atoms with Gasteiger partial charge in [-0.15, -0.1) is 0 Å². The second-order valence-electron chi connectivity index (χ2n) is 6.47. The molecule has 2 aromatic rings. The van der Waals surface area contributed by atoms with E-state index in [-0.39, 0.29) is 18.6 Å². The van der Waals surface area contributed by atoms with Gasteiger partial charge in [0.2, 0.25) is 0 Å². The Morgan fingerprint density at radius 3 is 2.46 bits per heavy atom. The van der Waals surface area contributed by atoms with Crippen LogP contribution in [0, 0.1) is 11.3 Å². The summed E-state index contributed by atoms with van der Waals surface area (Å²) in [6.07, 6.45) is 0. The highest BCUT2D eigenvalue weighted by Crippen LogP contribution is 2.24. The molecule has 28 heavy (non-hydrogen) atoms. The van der Waals surface area contributed by atoms with Crippen molar-refractivity contribution < 1.29 is 14.3 Å². The molecule has 0 aliphatic carbocycles. The van der Waals surface area contributed by atoms with Crippen molar-refractivity contribution in [1.29, 1.82) is 5.26 Å². The lowest BCUT2D eigenvalue weighted by molar-refractivity contribution is -0.135. The maximum absolute atomic E-state index is 12.4. The molecular weight excluding hydrogens is 422 g/mol. The number of carbonyl (C=O) groups is 1. The Balaban J connectivity index is 1.52. The Morgan fingerprint density at radius 1 is 1.14 bits per heavy atom. The minimum atomic E-state index is -0.332. The molecule has 1 heterocycles. The number of ether oxygens (including phenoxy) is 2. The molecule has 2 aromatic carbocycles. The van der Waals surface area contributed by atoms with Crippen LogP contribution < -0.4 is 9.47 Å². The van der Waals surface area contributed by atoms with Gasteiger partial charge in [0.15, 0.2) is 6.61 Å². The number of methoxy groups -OCH3 is 1. The fraction of sp³-hybridized carbons (Fsp3) is 0.333. The largest absolute Gasteiger partial charge is 0.497 e. The van der Waals surface area contributed by atoms with E-state index in [1.165, 1.54) is 0 Å². The molecule has 1 aliphatic rings. The van der Waals surface area contributed by atoms with Crippen molar-refractivity contribution in [3.8, 4) is 17.6 Å². The van der Waals surface area contributed by atoms with E-state index in [1.54, 1.807) is 12.0 Å². The highest BCUT2D eigenvalue weighted by molar-refractivity contribution is 9.10. The fourth-order valence-corrected chi connectivity index (χ4v) is 3.55. The van der Waals surface area contributed by atoms with E-state index in [1.807, 2.05) is 48.5 Å². The summed E-state index contributed by atoms with van der Waals surface area (Å²) in [5.41, 5.74) is 0.932. The van der Waals surface area contributed by atoms with E-state index in [0.29, 0.717) is 31.9 Å². The highest BCUT2D eigenvalue weighted by Gasteiger charge is 2.27. The van der Waals surface area contributed by atoms with Crippen LogP contribution in [0.4, 0.5) is 0 Å². The zero-order valence-corrected chi connectivity index (χ0v) is 17.3. The van der Waals surface area contributed by atoms with Gasteiger partial charge >= 0.3 is 0 Å². The molecule has 146 valence electrons. The van der Waals surface area contributed by atoms with E-state index >= 15 is 0 Å². The van der Waals surface area contributed by atoms with Crippen molar-refractivity contribution in [2.45, 2.75) is 6.04 Å². The van der Waals surface area contributed by atoms with Crippen LogP contribution in [-0.2, 0) is 4.79 Å². The number of hydrogen-bond acceptors (Lipinski definition) is 5. The summed E-state index contributed by atoms with van der Waals surface area (Å²) in [5, 5.41) is 9.64. The molecule has 7 heteroatoms. The molecule has 1 fully saturated rings. The lowest BCUT2D eigenvalue weighted by Crippen LogP contribution is -2.50. The molecule has 1 aliphatic heterocycles. The second kappa shape index (κ2) is 9.58. The predicted octanol–water partition coefficient (Wildman–Crippen LogP) is 3.25. The van der Waals surface area contributed by atoms with Crippen molar-refractivity contribution >= 4 is 21.8 Å². The summed E-state index contributed by atoms with van der Waals surface area (Å²) in [5.74, 6) is 1.38. The molecular formula is C21H22BrN3O3. The van der Waals surface area contributed by atoms with E-state index in [9.17, 15) is 10.1 Å². The van der Waals surface area contributed by atoms with Gasteiger partial charge in [-0.1, -0.05) is 34.1 Å². The Labute approximate surface area is 173 Å². The van der Waals surface area contributed by atoms with Crippen molar-refractivity contribution in [2.24, 2.45) is 0 Å². The first kappa shape index (κ1) is 20.2. The summed E-state index contributed by atoms with van der Waals surface area (Å²) in [6.45, 7) is 2.46. The molecule has 0 aromatic heterocycles. The monoisotopic (exact) mass is 443 g/mol. The van der Waals surface area contributed by atoms with Gasteiger partial charge in [0.25, 0.3) is 5.91 Å². The predicted molar refractivity (Wildman–Crippen MR) is 109 cm³/mol. The number of amides is 1. The first-order valence-corrected chi connectivity index (χ1v) is 9.84. The van der Waals surface area contributed by atoms with Gasteiger partial charge in [-0.25, -0.2) is 0 Å². The van der Waals surface area contributed by atoms with Crippen LogP contribution in [-0.4, -0.2) is 55.6 Å². The average Bonchev–Trinajstić information content (AvgIpc) is 2.73. The highest BCUT2D eigenvalue weighted by atomic mass is 79.9. The molecule has 0 spiro atoms. The Hall–Kier alpha value is -2.56. The third-order valence-corrected chi connectivity index (χ3v) is 5.24. The molecule has 6 nitrogen and oxygen atoms in total. The van der Waals surface area contributed by atoms with Crippen LogP contribution in [0.5, 0.6) is 11.5 Å². The first-order chi connectivity index (χ1) is 13.6. The topological polar surface area (TPSA) is 65.8 Å². The van der Waals surface area contributed by atoms with E-state index < -0.39 is 0 Å². The summed E-state index contributed by atoms with van der Waals surface area (Å²) in [4.78, 5) is 16.3. The fourth-order valence-electron chi connectivity index (χ4n) is 3.18. The minimum absolute atomic E-state index is 0.0105.